The molecule has 0 unspecified atom stereocenters. The summed E-state index contributed by atoms with van der Waals surface area (Å²) >= 11 is 5.20. The monoisotopic (exact) mass is 402 g/mol. The lowest BCUT2D eigenvalue weighted by Crippen LogP contribution is -2.35. The molecule has 0 spiro atoms. The van der Waals surface area contributed by atoms with Crippen molar-refractivity contribution in [3.63, 3.8) is 0 Å². The molecule has 27 heavy (non-hydrogen) atoms. The zero-order chi connectivity index (χ0) is 19.1. The fourth-order valence-corrected chi connectivity index (χ4v) is 4.52. The molecule has 2 aromatic carbocycles. The molecule has 1 heterocycles. The van der Waals surface area contributed by atoms with Crippen LogP contribution in [0.3, 0.4) is 0 Å². The SMILES string of the molecule is O=S(=O)(c1ccc(NC(=S)N/N=C\c2ccccc2)cc1)N1CCCCC1. The Bertz CT molecular complexity index is 891. The first-order valence-corrected chi connectivity index (χ1v) is 10.7. The van der Waals surface area contributed by atoms with Gasteiger partial charge in [-0.2, -0.15) is 9.41 Å². The summed E-state index contributed by atoms with van der Waals surface area (Å²) in [6.07, 6.45) is 4.60. The molecule has 1 saturated heterocycles. The zero-order valence-electron chi connectivity index (χ0n) is 14.8. The van der Waals surface area contributed by atoms with Crippen LogP contribution in [0.4, 0.5) is 5.69 Å². The summed E-state index contributed by atoms with van der Waals surface area (Å²) in [7, 11) is -3.42. The second-order valence-electron chi connectivity index (χ2n) is 6.22. The molecule has 0 aromatic heterocycles. The number of anilines is 1. The van der Waals surface area contributed by atoms with E-state index in [0.717, 1.165) is 24.8 Å². The summed E-state index contributed by atoms with van der Waals surface area (Å²) in [6, 6.07) is 16.3. The van der Waals surface area contributed by atoms with Crippen LogP contribution in [-0.2, 0) is 10.0 Å². The lowest BCUT2D eigenvalue weighted by atomic mass is 10.2. The van der Waals surface area contributed by atoms with Gasteiger partial charge in [0.1, 0.15) is 0 Å². The molecule has 2 N–H and O–H groups in total. The van der Waals surface area contributed by atoms with E-state index in [4.69, 9.17) is 12.2 Å². The fraction of sp³-hybridized carbons (Fsp3) is 0.263. The number of nitrogens with zero attached hydrogens (tertiary/aromatic N) is 2. The van der Waals surface area contributed by atoms with E-state index in [1.807, 2.05) is 30.3 Å². The molecule has 8 heteroatoms. The molecule has 0 aliphatic carbocycles. The second-order valence-corrected chi connectivity index (χ2v) is 8.57. The van der Waals surface area contributed by atoms with Crippen LogP contribution in [-0.4, -0.2) is 37.1 Å². The molecule has 0 atom stereocenters. The molecular formula is C19H22N4O2S2. The van der Waals surface area contributed by atoms with Crippen molar-refractivity contribution in [1.82, 2.24) is 9.73 Å². The van der Waals surface area contributed by atoms with Crippen molar-refractivity contribution in [2.45, 2.75) is 24.2 Å². The van der Waals surface area contributed by atoms with E-state index in [-0.39, 0.29) is 0 Å². The highest BCUT2D eigenvalue weighted by molar-refractivity contribution is 7.89. The van der Waals surface area contributed by atoms with E-state index in [9.17, 15) is 8.42 Å². The Balaban J connectivity index is 1.57. The van der Waals surface area contributed by atoms with Crippen LogP contribution >= 0.6 is 12.2 Å². The summed E-state index contributed by atoms with van der Waals surface area (Å²) in [6.45, 7) is 1.19. The van der Waals surface area contributed by atoms with Gasteiger partial charge < -0.3 is 5.32 Å². The van der Waals surface area contributed by atoms with E-state index >= 15 is 0 Å². The van der Waals surface area contributed by atoms with Crippen molar-refractivity contribution >= 4 is 39.3 Å². The van der Waals surface area contributed by atoms with Crippen LogP contribution in [0.25, 0.3) is 0 Å². The number of rotatable bonds is 5. The molecule has 0 saturated carbocycles. The predicted octanol–water partition coefficient (Wildman–Crippen LogP) is 3.18. The molecule has 142 valence electrons. The largest absolute Gasteiger partial charge is 0.331 e. The lowest BCUT2D eigenvalue weighted by molar-refractivity contribution is 0.346. The van der Waals surface area contributed by atoms with E-state index in [1.165, 1.54) is 0 Å². The number of nitrogens with one attached hydrogen (secondary N) is 2. The number of benzene rings is 2. The first-order chi connectivity index (χ1) is 13.1. The molecule has 1 fully saturated rings. The van der Waals surface area contributed by atoms with Gasteiger partial charge in [0.15, 0.2) is 5.11 Å². The summed E-state index contributed by atoms with van der Waals surface area (Å²) in [5.74, 6) is 0. The summed E-state index contributed by atoms with van der Waals surface area (Å²) in [5.41, 5.74) is 4.39. The molecule has 3 rings (SSSR count). The Hall–Kier alpha value is -2.29. The van der Waals surface area contributed by atoms with Gasteiger partial charge in [-0.25, -0.2) is 8.42 Å². The van der Waals surface area contributed by atoms with Crippen LogP contribution in [0.2, 0.25) is 0 Å². The third kappa shape index (κ3) is 5.35. The van der Waals surface area contributed by atoms with E-state index in [2.05, 4.69) is 15.8 Å². The van der Waals surface area contributed by atoms with Gasteiger partial charge in [0.25, 0.3) is 0 Å². The van der Waals surface area contributed by atoms with Crippen molar-refractivity contribution in [2.75, 3.05) is 18.4 Å². The zero-order valence-corrected chi connectivity index (χ0v) is 16.5. The summed E-state index contributed by atoms with van der Waals surface area (Å²) in [5, 5.41) is 7.39. The first kappa shape index (κ1) is 19.5. The van der Waals surface area contributed by atoms with Gasteiger partial charge in [-0.05, 0) is 54.9 Å². The number of piperidine rings is 1. The highest BCUT2D eigenvalue weighted by Crippen LogP contribution is 2.21. The maximum Gasteiger partial charge on any atom is 0.243 e. The van der Waals surface area contributed by atoms with Crippen LogP contribution in [0.15, 0.2) is 64.6 Å². The Kier molecular flexibility index (Phi) is 6.54. The van der Waals surface area contributed by atoms with Gasteiger partial charge in [0.05, 0.1) is 11.1 Å². The molecular weight excluding hydrogens is 380 g/mol. The van der Waals surface area contributed by atoms with Crippen molar-refractivity contribution in [2.24, 2.45) is 5.10 Å². The molecule has 2 aromatic rings. The number of thiocarbonyl (C=S) groups is 1. The average molecular weight is 403 g/mol. The quantitative estimate of drug-likeness (QED) is 0.456. The first-order valence-electron chi connectivity index (χ1n) is 8.81. The van der Waals surface area contributed by atoms with Gasteiger partial charge in [-0.3, -0.25) is 5.43 Å². The van der Waals surface area contributed by atoms with Crippen molar-refractivity contribution in [3.8, 4) is 0 Å². The smallest absolute Gasteiger partial charge is 0.243 e. The lowest BCUT2D eigenvalue weighted by Gasteiger charge is -2.25. The standard InChI is InChI=1S/C19H22N4O2S2/c24-27(25,23-13-5-2-6-14-23)18-11-9-17(10-12-18)21-19(26)22-20-15-16-7-3-1-4-8-16/h1,3-4,7-12,15H,2,5-6,13-14H2,(H2,21,22,26)/b20-15-. The van der Waals surface area contributed by atoms with Crippen LogP contribution in [0.5, 0.6) is 0 Å². The molecule has 6 nitrogen and oxygen atoms in total. The Morgan fingerprint density at radius 3 is 2.33 bits per heavy atom. The summed E-state index contributed by atoms with van der Waals surface area (Å²) in [4.78, 5) is 0.302. The minimum atomic E-state index is -3.42. The highest BCUT2D eigenvalue weighted by atomic mass is 32.2. The normalized spacial score (nSPS) is 15.6. The van der Waals surface area contributed by atoms with Crippen molar-refractivity contribution < 1.29 is 8.42 Å². The van der Waals surface area contributed by atoms with Crippen LogP contribution in [0, 0.1) is 0 Å². The Labute approximate surface area is 165 Å². The Morgan fingerprint density at radius 1 is 1.00 bits per heavy atom. The molecule has 1 aliphatic rings. The second kappa shape index (κ2) is 9.07. The van der Waals surface area contributed by atoms with Gasteiger partial charge in [0, 0.05) is 18.8 Å². The predicted molar refractivity (Wildman–Crippen MR) is 112 cm³/mol. The molecule has 1 aliphatic heterocycles. The average Bonchev–Trinajstić information content (AvgIpc) is 2.70. The maximum absolute atomic E-state index is 12.6. The van der Waals surface area contributed by atoms with E-state index in [1.54, 1.807) is 34.8 Å². The number of hydrogen-bond acceptors (Lipinski definition) is 4. The fourth-order valence-electron chi connectivity index (χ4n) is 2.83. The van der Waals surface area contributed by atoms with E-state index < -0.39 is 10.0 Å². The Morgan fingerprint density at radius 2 is 1.67 bits per heavy atom. The van der Waals surface area contributed by atoms with Crippen LogP contribution < -0.4 is 10.7 Å². The van der Waals surface area contributed by atoms with Gasteiger partial charge >= 0.3 is 0 Å². The number of sulfonamides is 1. The molecule has 0 radical (unpaired) electrons. The number of hydrazone groups is 1. The highest BCUT2D eigenvalue weighted by Gasteiger charge is 2.25. The van der Waals surface area contributed by atoms with Gasteiger partial charge in [0.2, 0.25) is 10.0 Å². The minimum absolute atomic E-state index is 0.302. The third-order valence-corrected chi connectivity index (χ3v) is 6.35. The third-order valence-electron chi connectivity index (χ3n) is 4.24. The van der Waals surface area contributed by atoms with E-state index in [0.29, 0.717) is 28.8 Å². The van der Waals surface area contributed by atoms with Gasteiger partial charge in [-0.15, -0.1) is 0 Å². The molecule has 0 amide bonds. The maximum atomic E-state index is 12.6. The van der Waals surface area contributed by atoms with Gasteiger partial charge in [-0.1, -0.05) is 36.8 Å². The molecule has 0 bridgehead atoms. The van der Waals surface area contributed by atoms with Crippen molar-refractivity contribution in [1.29, 1.82) is 0 Å². The number of hydrogen-bond donors (Lipinski definition) is 2. The minimum Gasteiger partial charge on any atom is -0.331 e. The summed E-state index contributed by atoms with van der Waals surface area (Å²) < 4.78 is 26.8. The van der Waals surface area contributed by atoms with Crippen molar-refractivity contribution in [3.05, 3.63) is 60.2 Å². The van der Waals surface area contributed by atoms with Crippen LogP contribution in [0.1, 0.15) is 24.8 Å². The topological polar surface area (TPSA) is 73.8 Å².